The molecule has 9 nitrogen and oxygen atoms in total. The number of carbonyl (C=O) groups is 3. The third-order valence-electron chi connectivity index (χ3n) is 7.09. The summed E-state index contributed by atoms with van der Waals surface area (Å²) in [6.07, 6.45) is 1.69. The molecule has 1 N–H and O–H groups in total. The van der Waals surface area contributed by atoms with Gasteiger partial charge >= 0.3 is 12.0 Å². The standard InChI is InChI=1S/C28H35N3O6/c1-20(2)18-30-26(34)28(31(27(30)35)14-11-21-7-9-23(36-3)10-8-21)12-15-29(16-13-28)22-5-4-6-24(17-22)37-19-25(32)33/h4-10,17,20H,11-16,18-19H2,1-3H3,(H,32,33). The smallest absolute Gasteiger partial charge is 0.341 e. The van der Waals surface area contributed by atoms with Crippen LogP contribution in [0.2, 0.25) is 0 Å². The number of amides is 3. The fourth-order valence-corrected chi connectivity index (χ4v) is 5.18. The van der Waals surface area contributed by atoms with Crippen molar-refractivity contribution in [1.82, 2.24) is 9.80 Å². The predicted octanol–water partition coefficient (Wildman–Crippen LogP) is 3.66. The summed E-state index contributed by atoms with van der Waals surface area (Å²) in [6.45, 7) is 5.67. The molecular weight excluding hydrogens is 474 g/mol. The van der Waals surface area contributed by atoms with Gasteiger partial charge in [-0.3, -0.25) is 9.69 Å². The van der Waals surface area contributed by atoms with Crippen molar-refractivity contribution in [2.45, 2.75) is 38.6 Å². The molecule has 4 rings (SSSR count). The van der Waals surface area contributed by atoms with E-state index in [-0.39, 0.29) is 17.9 Å². The molecule has 2 fully saturated rings. The number of aliphatic carboxylic acids is 1. The Hall–Kier alpha value is -3.75. The predicted molar refractivity (Wildman–Crippen MR) is 139 cm³/mol. The number of piperidine rings is 1. The highest BCUT2D eigenvalue weighted by molar-refractivity contribution is 6.07. The number of carbonyl (C=O) groups excluding carboxylic acids is 2. The van der Waals surface area contributed by atoms with E-state index in [9.17, 15) is 14.4 Å². The van der Waals surface area contributed by atoms with Crippen molar-refractivity contribution < 1.29 is 29.0 Å². The van der Waals surface area contributed by atoms with Crippen LogP contribution in [-0.2, 0) is 16.0 Å². The van der Waals surface area contributed by atoms with Crippen LogP contribution >= 0.6 is 0 Å². The zero-order valence-electron chi connectivity index (χ0n) is 21.7. The Balaban J connectivity index is 1.51. The molecule has 0 saturated carbocycles. The lowest BCUT2D eigenvalue weighted by molar-refractivity contribution is -0.139. The van der Waals surface area contributed by atoms with Gasteiger partial charge in [0.25, 0.3) is 5.91 Å². The Morgan fingerprint density at radius 1 is 1.05 bits per heavy atom. The minimum Gasteiger partial charge on any atom is -0.497 e. The molecule has 0 radical (unpaired) electrons. The molecule has 2 aliphatic rings. The molecule has 3 amide bonds. The zero-order chi connectivity index (χ0) is 26.6. The fraction of sp³-hybridized carbons (Fsp3) is 0.464. The number of benzene rings is 2. The molecule has 2 aliphatic heterocycles. The summed E-state index contributed by atoms with van der Waals surface area (Å²) >= 11 is 0. The van der Waals surface area contributed by atoms with Gasteiger partial charge in [-0.15, -0.1) is 0 Å². The SMILES string of the molecule is COc1ccc(CCN2C(=O)N(CC(C)C)C(=O)C23CCN(c2cccc(OCC(=O)O)c2)CC3)cc1. The molecule has 0 aromatic heterocycles. The van der Waals surface area contributed by atoms with Gasteiger partial charge in [-0.05, 0) is 55.0 Å². The van der Waals surface area contributed by atoms with Gasteiger partial charge in [0.2, 0.25) is 0 Å². The topological polar surface area (TPSA) is 99.6 Å². The minimum absolute atomic E-state index is 0.0980. The van der Waals surface area contributed by atoms with Crippen LogP contribution in [0, 0.1) is 5.92 Å². The molecule has 37 heavy (non-hydrogen) atoms. The van der Waals surface area contributed by atoms with Gasteiger partial charge in [0.1, 0.15) is 17.0 Å². The van der Waals surface area contributed by atoms with E-state index < -0.39 is 18.1 Å². The first-order chi connectivity index (χ1) is 17.7. The van der Waals surface area contributed by atoms with Crippen molar-refractivity contribution in [2.24, 2.45) is 5.92 Å². The maximum atomic E-state index is 13.7. The van der Waals surface area contributed by atoms with E-state index in [2.05, 4.69) is 4.90 Å². The van der Waals surface area contributed by atoms with Crippen molar-refractivity contribution in [3.05, 3.63) is 54.1 Å². The molecule has 1 spiro atoms. The van der Waals surface area contributed by atoms with E-state index in [0.717, 1.165) is 17.0 Å². The summed E-state index contributed by atoms with van der Waals surface area (Å²) in [5.74, 6) is 0.312. The number of carboxylic acid groups (broad SMARTS) is 1. The molecule has 2 saturated heterocycles. The monoisotopic (exact) mass is 509 g/mol. The summed E-state index contributed by atoms with van der Waals surface area (Å²) in [5, 5.41) is 8.89. The van der Waals surface area contributed by atoms with E-state index in [0.29, 0.717) is 51.2 Å². The first-order valence-electron chi connectivity index (χ1n) is 12.7. The number of hydrogen-bond donors (Lipinski definition) is 1. The second-order valence-corrected chi connectivity index (χ2v) is 10.0. The highest BCUT2D eigenvalue weighted by Crippen LogP contribution is 2.39. The lowest BCUT2D eigenvalue weighted by Crippen LogP contribution is -2.57. The van der Waals surface area contributed by atoms with Crippen LogP contribution in [0.4, 0.5) is 10.5 Å². The average Bonchev–Trinajstić information content (AvgIpc) is 3.07. The summed E-state index contributed by atoms with van der Waals surface area (Å²) in [4.78, 5) is 43.5. The number of ether oxygens (including phenoxy) is 2. The van der Waals surface area contributed by atoms with E-state index >= 15 is 0 Å². The van der Waals surface area contributed by atoms with Gasteiger partial charge in [0, 0.05) is 37.9 Å². The number of imide groups is 1. The summed E-state index contributed by atoms with van der Waals surface area (Å²) in [5.41, 5.74) is 1.12. The van der Waals surface area contributed by atoms with Crippen LogP contribution in [-0.4, -0.2) is 78.2 Å². The van der Waals surface area contributed by atoms with Crippen LogP contribution < -0.4 is 14.4 Å². The van der Waals surface area contributed by atoms with Gasteiger partial charge < -0.3 is 24.4 Å². The van der Waals surface area contributed by atoms with Crippen LogP contribution in [0.15, 0.2) is 48.5 Å². The molecule has 2 aromatic rings. The number of nitrogens with zero attached hydrogens (tertiary/aromatic N) is 3. The van der Waals surface area contributed by atoms with Gasteiger partial charge in [-0.25, -0.2) is 9.59 Å². The molecular formula is C28H35N3O6. The molecule has 9 heteroatoms. The maximum absolute atomic E-state index is 13.7. The zero-order valence-corrected chi connectivity index (χ0v) is 21.7. The normalized spacial score (nSPS) is 17.1. The Labute approximate surface area is 217 Å². The number of urea groups is 1. The lowest BCUT2D eigenvalue weighted by Gasteiger charge is -2.43. The van der Waals surface area contributed by atoms with Crippen molar-refractivity contribution in [1.29, 1.82) is 0 Å². The minimum atomic E-state index is -1.03. The van der Waals surface area contributed by atoms with Gasteiger partial charge in [-0.2, -0.15) is 0 Å². The largest absolute Gasteiger partial charge is 0.497 e. The van der Waals surface area contributed by atoms with Gasteiger partial charge in [-0.1, -0.05) is 32.0 Å². The quantitative estimate of drug-likeness (QED) is 0.488. The maximum Gasteiger partial charge on any atom is 0.341 e. The second-order valence-electron chi connectivity index (χ2n) is 10.0. The molecule has 0 atom stereocenters. The van der Waals surface area contributed by atoms with Crippen LogP contribution in [0.25, 0.3) is 0 Å². The lowest BCUT2D eigenvalue weighted by atomic mass is 9.85. The molecule has 0 unspecified atom stereocenters. The third kappa shape index (κ3) is 5.65. The Morgan fingerprint density at radius 3 is 2.38 bits per heavy atom. The second kappa shape index (κ2) is 11.1. The first kappa shape index (κ1) is 26.3. The number of methoxy groups -OCH3 is 1. The molecule has 2 heterocycles. The average molecular weight is 510 g/mol. The van der Waals surface area contributed by atoms with Crippen molar-refractivity contribution in [3.63, 3.8) is 0 Å². The number of carboxylic acids is 1. The Bertz CT molecular complexity index is 1120. The van der Waals surface area contributed by atoms with E-state index in [1.807, 2.05) is 56.3 Å². The Morgan fingerprint density at radius 2 is 1.76 bits per heavy atom. The fourth-order valence-electron chi connectivity index (χ4n) is 5.18. The van der Waals surface area contributed by atoms with Crippen molar-refractivity contribution in [2.75, 3.05) is 44.8 Å². The number of rotatable bonds is 10. The van der Waals surface area contributed by atoms with Crippen molar-refractivity contribution in [3.8, 4) is 11.5 Å². The summed E-state index contributed by atoms with van der Waals surface area (Å²) in [6, 6.07) is 14.9. The van der Waals surface area contributed by atoms with Crippen LogP contribution in [0.5, 0.6) is 11.5 Å². The Kier molecular flexibility index (Phi) is 7.90. The first-order valence-corrected chi connectivity index (χ1v) is 12.7. The molecule has 0 bridgehead atoms. The molecule has 0 aliphatic carbocycles. The number of anilines is 1. The summed E-state index contributed by atoms with van der Waals surface area (Å²) in [7, 11) is 1.63. The summed E-state index contributed by atoms with van der Waals surface area (Å²) < 4.78 is 10.6. The third-order valence-corrected chi connectivity index (χ3v) is 7.09. The molecule has 198 valence electrons. The van der Waals surface area contributed by atoms with E-state index in [1.54, 1.807) is 18.1 Å². The van der Waals surface area contributed by atoms with Crippen molar-refractivity contribution >= 4 is 23.6 Å². The van der Waals surface area contributed by atoms with E-state index in [4.69, 9.17) is 14.6 Å². The number of hydrogen-bond acceptors (Lipinski definition) is 6. The van der Waals surface area contributed by atoms with Gasteiger partial charge in [0.05, 0.1) is 7.11 Å². The van der Waals surface area contributed by atoms with Crippen LogP contribution in [0.1, 0.15) is 32.3 Å². The van der Waals surface area contributed by atoms with E-state index in [1.165, 1.54) is 4.90 Å². The highest BCUT2D eigenvalue weighted by atomic mass is 16.5. The van der Waals surface area contributed by atoms with Gasteiger partial charge in [0.15, 0.2) is 6.61 Å². The molecule has 2 aromatic carbocycles. The van der Waals surface area contributed by atoms with Crippen LogP contribution in [0.3, 0.4) is 0 Å². The highest BCUT2D eigenvalue weighted by Gasteiger charge is 2.57.